The van der Waals surface area contributed by atoms with Gasteiger partial charge in [0, 0.05) is 51.5 Å². The maximum Gasteiger partial charge on any atom is 0.317 e. The topological polar surface area (TPSA) is 64.7 Å². The fraction of sp³-hybridized carbons (Fsp3) is 0.440. The van der Waals surface area contributed by atoms with Gasteiger partial charge in [-0.1, -0.05) is 32.9 Å². The lowest BCUT2D eigenvalue weighted by molar-refractivity contribution is -0.117. The number of hydrogen-bond acceptors (Lipinski definition) is 3. The maximum absolute atomic E-state index is 13.3. The van der Waals surface area contributed by atoms with Crippen LogP contribution in [0.1, 0.15) is 45.2 Å². The monoisotopic (exact) mass is 442 g/mol. The van der Waals surface area contributed by atoms with E-state index >= 15 is 0 Å². The normalized spacial score (nSPS) is 11.1. The molecule has 0 atom stereocenters. The molecule has 2 N–H and O–H groups in total. The number of nitrogens with one attached hydrogen (secondary N) is 2. The van der Waals surface area contributed by atoms with Gasteiger partial charge in [0.2, 0.25) is 5.91 Å². The highest BCUT2D eigenvalue weighted by Crippen LogP contribution is 2.26. The van der Waals surface area contributed by atoms with E-state index in [1.54, 1.807) is 17.0 Å². The van der Waals surface area contributed by atoms with Gasteiger partial charge in [-0.15, -0.1) is 0 Å². The zero-order valence-electron chi connectivity index (χ0n) is 20.0. The first-order valence-corrected chi connectivity index (χ1v) is 10.9. The molecular formula is C25H35FN4O2. The molecule has 0 bridgehead atoms. The van der Waals surface area contributed by atoms with Gasteiger partial charge in [0.1, 0.15) is 5.82 Å². The lowest BCUT2D eigenvalue weighted by atomic mass is 9.92. The van der Waals surface area contributed by atoms with Gasteiger partial charge in [-0.3, -0.25) is 4.79 Å². The zero-order valence-corrected chi connectivity index (χ0v) is 20.0. The van der Waals surface area contributed by atoms with Crippen LogP contribution in [0.15, 0.2) is 42.5 Å². The van der Waals surface area contributed by atoms with Crippen LogP contribution in [-0.4, -0.2) is 37.5 Å². The van der Waals surface area contributed by atoms with Gasteiger partial charge in [-0.2, -0.15) is 0 Å². The molecule has 0 fully saturated rings. The molecule has 0 unspecified atom stereocenters. The number of urea groups is 1. The molecular weight excluding hydrogens is 407 g/mol. The fourth-order valence-electron chi connectivity index (χ4n) is 3.39. The van der Waals surface area contributed by atoms with E-state index in [1.165, 1.54) is 12.1 Å². The summed E-state index contributed by atoms with van der Waals surface area (Å²) in [6.45, 7) is 9.10. The average Bonchev–Trinajstić information content (AvgIpc) is 2.67. The Bertz CT molecular complexity index is 921. The Morgan fingerprint density at radius 3 is 2.22 bits per heavy atom. The number of carbonyl (C=O) groups is 2. The quantitative estimate of drug-likeness (QED) is 0.605. The van der Waals surface area contributed by atoms with E-state index in [0.717, 1.165) is 16.8 Å². The Hall–Kier alpha value is -3.09. The van der Waals surface area contributed by atoms with Crippen LogP contribution in [0.3, 0.4) is 0 Å². The average molecular weight is 443 g/mol. The number of halogens is 1. The van der Waals surface area contributed by atoms with E-state index in [2.05, 4.69) is 10.6 Å². The Kier molecular flexibility index (Phi) is 8.63. The van der Waals surface area contributed by atoms with Crippen molar-refractivity contribution in [2.45, 2.75) is 47.2 Å². The van der Waals surface area contributed by atoms with Gasteiger partial charge in [-0.25, -0.2) is 9.18 Å². The van der Waals surface area contributed by atoms with Gasteiger partial charge in [0.05, 0.1) is 0 Å². The lowest BCUT2D eigenvalue weighted by Gasteiger charge is -2.26. The van der Waals surface area contributed by atoms with E-state index in [4.69, 9.17) is 0 Å². The third-order valence-electron chi connectivity index (χ3n) is 4.80. The molecule has 0 saturated carbocycles. The summed E-state index contributed by atoms with van der Waals surface area (Å²) >= 11 is 0. The van der Waals surface area contributed by atoms with E-state index in [-0.39, 0.29) is 23.2 Å². The number of benzene rings is 2. The molecule has 0 aliphatic heterocycles. The van der Waals surface area contributed by atoms with Crippen LogP contribution in [0.4, 0.5) is 20.6 Å². The lowest BCUT2D eigenvalue weighted by Crippen LogP contribution is -2.39. The number of anilines is 2. The minimum absolute atomic E-state index is 0.0482. The molecule has 2 aromatic carbocycles. The highest BCUT2D eigenvalue weighted by atomic mass is 19.1. The molecule has 2 aromatic rings. The highest BCUT2D eigenvalue weighted by molar-refractivity contribution is 5.91. The Morgan fingerprint density at radius 2 is 1.66 bits per heavy atom. The summed E-state index contributed by atoms with van der Waals surface area (Å²) in [4.78, 5) is 28.8. The molecule has 2 rings (SSSR count). The molecule has 0 aliphatic carbocycles. The Labute approximate surface area is 190 Å². The molecule has 0 aliphatic rings. The highest BCUT2D eigenvalue weighted by Gasteiger charge is 2.19. The second-order valence-corrected chi connectivity index (χ2v) is 9.34. The van der Waals surface area contributed by atoms with E-state index in [0.29, 0.717) is 31.7 Å². The van der Waals surface area contributed by atoms with E-state index in [9.17, 15) is 14.0 Å². The first-order chi connectivity index (χ1) is 15.0. The van der Waals surface area contributed by atoms with Crippen LogP contribution in [0.2, 0.25) is 0 Å². The summed E-state index contributed by atoms with van der Waals surface area (Å²) in [5.74, 6) is -0.361. The van der Waals surface area contributed by atoms with Crippen molar-refractivity contribution in [2.75, 3.05) is 30.9 Å². The summed E-state index contributed by atoms with van der Waals surface area (Å²) in [5.41, 5.74) is 3.26. The summed E-state index contributed by atoms with van der Waals surface area (Å²) in [6.07, 6.45) is 0.410. The van der Waals surface area contributed by atoms with Crippen molar-refractivity contribution in [3.8, 4) is 0 Å². The number of nitrogens with zero attached hydrogens (tertiary/aromatic N) is 2. The largest absolute Gasteiger partial charge is 0.377 e. The molecule has 7 heteroatoms. The van der Waals surface area contributed by atoms with Crippen molar-refractivity contribution in [2.24, 2.45) is 5.41 Å². The Balaban J connectivity index is 2.31. The zero-order chi connectivity index (χ0) is 23.9. The fourth-order valence-corrected chi connectivity index (χ4v) is 3.39. The van der Waals surface area contributed by atoms with Crippen molar-refractivity contribution >= 4 is 23.3 Å². The first-order valence-electron chi connectivity index (χ1n) is 10.9. The molecule has 3 amide bonds. The van der Waals surface area contributed by atoms with Crippen LogP contribution >= 0.6 is 0 Å². The predicted molar refractivity (Wildman–Crippen MR) is 128 cm³/mol. The summed E-state index contributed by atoms with van der Waals surface area (Å²) < 4.78 is 13.3. The summed E-state index contributed by atoms with van der Waals surface area (Å²) in [6, 6.07) is 11.7. The molecule has 0 spiro atoms. The van der Waals surface area contributed by atoms with Gasteiger partial charge < -0.3 is 20.4 Å². The number of carbonyl (C=O) groups excluding carboxylic acids is 2. The maximum atomic E-state index is 13.3. The first kappa shape index (κ1) is 25.2. The van der Waals surface area contributed by atoms with Crippen molar-refractivity contribution in [3.63, 3.8) is 0 Å². The van der Waals surface area contributed by atoms with Crippen LogP contribution < -0.4 is 15.5 Å². The molecule has 0 heterocycles. The third-order valence-corrected chi connectivity index (χ3v) is 4.80. The molecule has 0 aromatic heterocycles. The van der Waals surface area contributed by atoms with Crippen molar-refractivity contribution in [3.05, 3.63) is 59.4 Å². The van der Waals surface area contributed by atoms with E-state index in [1.807, 2.05) is 64.9 Å². The van der Waals surface area contributed by atoms with Gasteiger partial charge in [-0.05, 0) is 53.8 Å². The van der Waals surface area contributed by atoms with E-state index < -0.39 is 0 Å². The van der Waals surface area contributed by atoms with Gasteiger partial charge in [0.25, 0.3) is 0 Å². The molecule has 6 nitrogen and oxygen atoms in total. The second kappa shape index (κ2) is 11.0. The van der Waals surface area contributed by atoms with Crippen molar-refractivity contribution in [1.82, 2.24) is 10.2 Å². The predicted octanol–water partition coefficient (Wildman–Crippen LogP) is 5.00. The van der Waals surface area contributed by atoms with Gasteiger partial charge >= 0.3 is 6.03 Å². The minimum atomic E-state index is -0.313. The number of amides is 3. The smallest absolute Gasteiger partial charge is 0.317 e. The standard InChI is InChI=1S/C25H35FN4O2/c1-7-27-24(32)30(16-18-8-10-20(26)11-9-18)17-19-14-21(12-13-22(19)29(5)6)28-23(31)15-25(2,3)4/h8-14H,7,15-17H2,1-6H3,(H,27,32)(H,28,31). The summed E-state index contributed by atoms with van der Waals surface area (Å²) in [5, 5.41) is 5.82. The van der Waals surface area contributed by atoms with Crippen molar-refractivity contribution < 1.29 is 14.0 Å². The molecule has 0 radical (unpaired) electrons. The second-order valence-electron chi connectivity index (χ2n) is 9.34. The molecule has 32 heavy (non-hydrogen) atoms. The minimum Gasteiger partial charge on any atom is -0.377 e. The molecule has 0 saturated heterocycles. The third kappa shape index (κ3) is 7.87. The van der Waals surface area contributed by atoms with Crippen LogP contribution in [-0.2, 0) is 17.9 Å². The van der Waals surface area contributed by atoms with Crippen LogP contribution in [0.5, 0.6) is 0 Å². The number of rotatable bonds is 8. The van der Waals surface area contributed by atoms with Crippen molar-refractivity contribution in [1.29, 1.82) is 0 Å². The number of hydrogen-bond donors (Lipinski definition) is 2. The molecule has 174 valence electrons. The SMILES string of the molecule is CCNC(=O)N(Cc1ccc(F)cc1)Cc1cc(NC(=O)CC(C)(C)C)ccc1N(C)C. The summed E-state index contributed by atoms with van der Waals surface area (Å²) in [7, 11) is 3.88. The van der Waals surface area contributed by atoms with Crippen LogP contribution in [0.25, 0.3) is 0 Å². The van der Waals surface area contributed by atoms with Gasteiger partial charge in [0.15, 0.2) is 0 Å². The van der Waals surface area contributed by atoms with Crippen LogP contribution in [0, 0.1) is 11.2 Å². The Morgan fingerprint density at radius 1 is 1.00 bits per heavy atom.